The largest absolute Gasteiger partial charge is 0.449 e. The molecule has 1 atom stereocenters. The molecule has 2 N–H and O–H groups in total. The number of nitrogens with zero attached hydrogens (tertiary/aromatic N) is 1. The van der Waals surface area contributed by atoms with Crippen LogP contribution in [0.2, 0.25) is 0 Å². The first-order valence-electron chi connectivity index (χ1n) is 9.09. The lowest BCUT2D eigenvalue weighted by Gasteiger charge is -2.27. The zero-order valence-electron chi connectivity index (χ0n) is 15.5. The lowest BCUT2D eigenvalue weighted by molar-refractivity contribution is -0.271. The number of rotatable bonds is 5. The number of benzene rings is 2. The number of carbonyl (C=O) groups excluding carboxylic acids is 1. The molecule has 0 saturated heterocycles. The predicted molar refractivity (Wildman–Crippen MR) is 99.5 cm³/mol. The molecule has 1 amide bonds. The number of halogens is 3. The van der Waals surface area contributed by atoms with Crippen LogP contribution in [0.15, 0.2) is 65.4 Å². The second-order valence-corrected chi connectivity index (χ2v) is 6.87. The average Bonchev–Trinajstić information content (AvgIpc) is 3.37. The van der Waals surface area contributed by atoms with E-state index in [0.717, 1.165) is 34.7 Å². The Morgan fingerprint density at radius 2 is 1.70 bits per heavy atom. The minimum absolute atomic E-state index is 0.0662. The van der Waals surface area contributed by atoms with Crippen LogP contribution in [0, 0.1) is 0 Å². The van der Waals surface area contributed by atoms with Gasteiger partial charge < -0.3 is 19.6 Å². The van der Waals surface area contributed by atoms with Gasteiger partial charge in [-0.25, -0.2) is 9.78 Å². The molecule has 3 aromatic rings. The lowest BCUT2D eigenvalue weighted by Crippen LogP contribution is -2.51. The highest BCUT2D eigenvalue weighted by atomic mass is 19.4. The van der Waals surface area contributed by atoms with Crippen molar-refractivity contribution in [1.82, 2.24) is 10.3 Å². The Hall–Kier alpha value is -3.33. The number of hydrogen-bond donors (Lipinski definition) is 2. The molecular weight excluding hydrogens is 401 g/mol. The van der Waals surface area contributed by atoms with Crippen molar-refractivity contribution in [1.29, 1.82) is 0 Å². The van der Waals surface area contributed by atoms with Crippen molar-refractivity contribution in [2.24, 2.45) is 0 Å². The maximum atomic E-state index is 13.3. The molecule has 0 bridgehead atoms. The summed E-state index contributed by atoms with van der Waals surface area (Å²) in [7, 11) is 0. The fourth-order valence-electron chi connectivity index (χ4n) is 3.57. The molecule has 0 aliphatic heterocycles. The van der Waals surface area contributed by atoms with Crippen LogP contribution in [-0.4, -0.2) is 35.5 Å². The second-order valence-electron chi connectivity index (χ2n) is 6.87. The standard InChI is InChI=1S/C21H17F3N2O4/c22-21(23,24)20(28,18-25-9-10-29-18)12-26-19(27)30-11-17-15-7-3-1-5-13(15)14-6-2-4-8-16(14)17/h1-10,17,28H,11-12H2,(H,26,27). The number of alkyl carbamates (subject to hydrolysis) is 1. The summed E-state index contributed by atoms with van der Waals surface area (Å²) in [6.45, 7) is -1.27. The lowest BCUT2D eigenvalue weighted by atomic mass is 9.98. The van der Waals surface area contributed by atoms with Gasteiger partial charge in [0, 0.05) is 5.92 Å². The number of aliphatic hydroxyl groups is 1. The number of hydrogen-bond acceptors (Lipinski definition) is 5. The topological polar surface area (TPSA) is 84.6 Å². The Kier molecular flexibility index (Phi) is 4.98. The van der Waals surface area contributed by atoms with E-state index in [2.05, 4.69) is 9.40 Å². The highest BCUT2D eigenvalue weighted by molar-refractivity contribution is 5.79. The van der Waals surface area contributed by atoms with Crippen molar-refractivity contribution >= 4 is 6.09 Å². The monoisotopic (exact) mass is 418 g/mol. The zero-order valence-corrected chi connectivity index (χ0v) is 15.5. The van der Waals surface area contributed by atoms with Crippen LogP contribution in [0.1, 0.15) is 22.9 Å². The normalized spacial score (nSPS) is 15.2. The van der Waals surface area contributed by atoms with Crippen molar-refractivity contribution in [2.75, 3.05) is 13.2 Å². The highest BCUT2D eigenvalue weighted by Crippen LogP contribution is 2.44. The molecule has 0 saturated carbocycles. The first-order chi connectivity index (χ1) is 14.3. The summed E-state index contributed by atoms with van der Waals surface area (Å²) in [5.74, 6) is -1.20. The number of alkyl halides is 3. The average molecular weight is 418 g/mol. The summed E-state index contributed by atoms with van der Waals surface area (Å²) in [5, 5.41) is 12.0. The van der Waals surface area contributed by atoms with Gasteiger partial charge in [0.25, 0.3) is 5.60 Å². The van der Waals surface area contributed by atoms with E-state index in [0.29, 0.717) is 0 Å². The van der Waals surface area contributed by atoms with Gasteiger partial charge in [-0.05, 0) is 22.3 Å². The van der Waals surface area contributed by atoms with E-state index in [4.69, 9.17) is 4.74 Å². The van der Waals surface area contributed by atoms with Crippen LogP contribution >= 0.6 is 0 Å². The molecule has 1 unspecified atom stereocenters. The van der Waals surface area contributed by atoms with Gasteiger partial charge in [-0.15, -0.1) is 0 Å². The van der Waals surface area contributed by atoms with Gasteiger partial charge in [-0.3, -0.25) is 0 Å². The SMILES string of the molecule is O=C(NCC(O)(c1ncco1)C(F)(F)F)OCC1c2ccccc2-c2ccccc21. The minimum atomic E-state index is -5.12. The number of amides is 1. The maximum absolute atomic E-state index is 13.3. The van der Waals surface area contributed by atoms with Gasteiger partial charge in [-0.2, -0.15) is 13.2 Å². The number of fused-ring (bicyclic) bond motifs is 3. The van der Waals surface area contributed by atoms with E-state index in [9.17, 15) is 23.1 Å². The number of carbonyl (C=O) groups is 1. The van der Waals surface area contributed by atoms with Gasteiger partial charge in [0.05, 0.1) is 12.7 Å². The van der Waals surface area contributed by atoms with Crippen molar-refractivity contribution in [2.45, 2.75) is 17.7 Å². The van der Waals surface area contributed by atoms with E-state index in [-0.39, 0.29) is 12.5 Å². The Balaban J connectivity index is 1.44. The van der Waals surface area contributed by atoms with Crippen LogP contribution in [0.25, 0.3) is 11.1 Å². The smallest absolute Gasteiger partial charge is 0.428 e. The van der Waals surface area contributed by atoms with E-state index >= 15 is 0 Å². The quantitative estimate of drug-likeness (QED) is 0.655. The Morgan fingerprint density at radius 1 is 1.10 bits per heavy atom. The van der Waals surface area contributed by atoms with Gasteiger partial charge >= 0.3 is 12.3 Å². The molecule has 0 fully saturated rings. The highest BCUT2D eigenvalue weighted by Gasteiger charge is 2.58. The molecule has 1 aliphatic rings. The molecule has 6 nitrogen and oxygen atoms in total. The van der Waals surface area contributed by atoms with Crippen molar-refractivity contribution in [3.8, 4) is 11.1 Å². The van der Waals surface area contributed by atoms with Gasteiger partial charge in [0.2, 0.25) is 5.89 Å². The Bertz CT molecular complexity index is 1010. The number of ether oxygens (including phenoxy) is 1. The zero-order chi connectivity index (χ0) is 21.4. The molecule has 30 heavy (non-hydrogen) atoms. The maximum Gasteiger partial charge on any atom is 0.428 e. The van der Waals surface area contributed by atoms with Crippen molar-refractivity contribution < 1.29 is 32.2 Å². The van der Waals surface area contributed by atoms with Crippen LogP contribution in [0.5, 0.6) is 0 Å². The Morgan fingerprint density at radius 3 is 2.23 bits per heavy atom. The molecule has 2 aromatic carbocycles. The third kappa shape index (κ3) is 3.41. The predicted octanol–water partition coefficient (Wildman–Crippen LogP) is 3.96. The second kappa shape index (κ2) is 7.49. The summed E-state index contributed by atoms with van der Waals surface area (Å²) in [6.07, 6.45) is -4.33. The van der Waals surface area contributed by atoms with Crippen LogP contribution in [-0.2, 0) is 10.3 Å². The molecule has 1 heterocycles. The Labute approximate surface area is 169 Å². The summed E-state index contributed by atoms with van der Waals surface area (Å²) in [4.78, 5) is 15.5. The summed E-state index contributed by atoms with van der Waals surface area (Å²) in [5.41, 5.74) is 0.522. The van der Waals surface area contributed by atoms with E-state index in [1.54, 1.807) is 0 Å². The van der Waals surface area contributed by atoms with Gasteiger partial charge in [0.15, 0.2) is 0 Å². The molecule has 1 aliphatic carbocycles. The van der Waals surface area contributed by atoms with E-state index in [1.165, 1.54) is 0 Å². The van der Waals surface area contributed by atoms with Crippen LogP contribution < -0.4 is 5.32 Å². The molecule has 156 valence electrons. The molecule has 0 radical (unpaired) electrons. The summed E-state index contributed by atoms with van der Waals surface area (Å²) >= 11 is 0. The third-order valence-electron chi connectivity index (χ3n) is 5.09. The molecule has 1 aromatic heterocycles. The van der Waals surface area contributed by atoms with Crippen molar-refractivity contribution in [3.05, 3.63) is 78.0 Å². The van der Waals surface area contributed by atoms with Gasteiger partial charge in [0.1, 0.15) is 12.9 Å². The molecular formula is C21H17F3N2O4. The van der Waals surface area contributed by atoms with E-state index in [1.807, 2.05) is 53.8 Å². The fraction of sp³-hybridized carbons (Fsp3) is 0.238. The summed E-state index contributed by atoms with van der Waals surface area (Å²) < 4.78 is 49.8. The van der Waals surface area contributed by atoms with E-state index < -0.39 is 30.3 Å². The third-order valence-corrected chi connectivity index (χ3v) is 5.09. The van der Waals surface area contributed by atoms with Gasteiger partial charge in [-0.1, -0.05) is 48.5 Å². The fourth-order valence-corrected chi connectivity index (χ4v) is 3.57. The van der Waals surface area contributed by atoms with Crippen LogP contribution in [0.4, 0.5) is 18.0 Å². The first kappa shape index (κ1) is 20.0. The molecule has 9 heteroatoms. The van der Waals surface area contributed by atoms with Crippen molar-refractivity contribution in [3.63, 3.8) is 0 Å². The molecule has 0 spiro atoms. The number of aromatic nitrogens is 1. The number of oxazole rings is 1. The number of nitrogens with one attached hydrogen (secondary N) is 1. The summed E-state index contributed by atoms with van der Waals surface area (Å²) in [6, 6.07) is 15.3. The first-order valence-corrected chi connectivity index (χ1v) is 9.09. The molecule has 4 rings (SSSR count). The van der Waals surface area contributed by atoms with Crippen LogP contribution in [0.3, 0.4) is 0 Å². The minimum Gasteiger partial charge on any atom is -0.449 e.